The van der Waals surface area contributed by atoms with Crippen molar-refractivity contribution in [1.82, 2.24) is 15.1 Å². The minimum atomic E-state index is 0.152. The molecule has 4 heteroatoms. The highest BCUT2D eigenvalue weighted by atomic mass is 16.5. The molecule has 0 aliphatic heterocycles. The van der Waals surface area contributed by atoms with E-state index in [4.69, 9.17) is 4.52 Å². The second-order valence-corrected chi connectivity index (χ2v) is 4.99. The van der Waals surface area contributed by atoms with Crippen LogP contribution in [0.15, 0.2) is 29.0 Å². The molecule has 0 amide bonds. The van der Waals surface area contributed by atoms with Gasteiger partial charge >= 0.3 is 0 Å². The Morgan fingerprint density at radius 3 is 2.75 bits per heavy atom. The molecule has 2 aromatic heterocycles. The van der Waals surface area contributed by atoms with E-state index in [1.165, 1.54) is 0 Å². The number of pyridine rings is 1. The highest BCUT2D eigenvalue weighted by Gasteiger charge is 2.17. The lowest BCUT2D eigenvalue weighted by Gasteiger charge is -2.13. The maximum Gasteiger partial charge on any atom is 0.227 e. The molecule has 0 aromatic carbocycles. The monoisotopic (exact) mass is 217 g/mol. The van der Waals surface area contributed by atoms with E-state index in [-0.39, 0.29) is 5.41 Å². The Morgan fingerprint density at radius 1 is 1.31 bits per heavy atom. The highest BCUT2D eigenvalue weighted by Crippen LogP contribution is 2.21. The molecule has 0 aliphatic carbocycles. The number of aromatic nitrogens is 3. The lowest BCUT2D eigenvalue weighted by atomic mass is 9.92. The Morgan fingerprint density at radius 2 is 2.12 bits per heavy atom. The normalized spacial score (nSPS) is 11.7. The van der Waals surface area contributed by atoms with Crippen LogP contribution in [0.2, 0.25) is 0 Å². The molecule has 0 saturated heterocycles. The molecule has 0 bridgehead atoms. The quantitative estimate of drug-likeness (QED) is 0.776. The van der Waals surface area contributed by atoms with Crippen LogP contribution >= 0.6 is 0 Å². The van der Waals surface area contributed by atoms with Gasteiger partial charge in [0.25, 0.3) is 0 Å². The summed E-state index contributed by atoms with van der Waals surface area (Å²) < 4.78 is 5.21. The molecule has 0 atom stereocenters. The van der Waals surface area contributed by atoms with E-state index in [0.29, 0.717) is 11.7 Å². The fraction of sp³-hybridized carbons (Fsp3) is 0.417. The minimum absolute atomic E-state index is 0.152. The van der Waals surface area contributed by atoms with Gasteiger partial charge < -0.3 is 4.52 Å². The molecule has 0 radical (unpaired) electrons. The van der Waals surface area contributed by atoms with Gasteiger partial charge in [0.05, 0.1) is 0 Å². The minimum Gasteiger partial charge on any atom is -0.339 e. The van der Waals surface area contributed by atoms with Crippen molar-refractivity contribution in [2.75, 3.05) is 0 Å². The number of nitrogens with zero attached hydrogens (tertiary/aromatic N) is 3. The largest absolute Gasteiger partial charge is 0.339 e. The van der Waals surface area contributed by atoms with Gasteiger partial charge in [0.15, 0.2) is 0 Å². The van der Waals surface area contributed by atoms with Crippen LogP contribution in [0.1, 0.15) is 26.7 Å². The lowest BCUT2D eigenvalue weighted by molar-refractivity contribution is 0.314. The highest BCUT2D eigenvalue weighted by molar-refractivity contribution is 5.51. The van der Waals surface area contributed by atoms with Gasteiger partial charge in [-0.3, -0.25) is 4.98 Å². The summed E-state index contributed by atoms with van der Waals surface area (Å²) in [7, 11) is 0. The Hall–Kier alpha value is -1.71. The van der Waals surface area contributed by atoms with Crippen LogP contribution < -0.4 is 0 Å². The molecule has 84 valence electrons. The number of hydrogen-bond acceptors (Lipinski definition) is 4. The molecule has 0 fully saturated rings. The van der Waals surface area contributed by atoms with Crippen molar-refractivity contribution in [3.8, 4) is 11.4 Å². The third-order valence-corrected chi connectivity index (χ3v) is 2.07. The van der Waals surface area contributed by atoms with Crippen LogP contribution in [-0.2, 0) is 6.42 Å². The van der Waals surface area contributed by atoms with E-state index in [9.17, 15) is 0 Å². The van der Waals surface area contributed by atoms with Crippen molar-refractivity contribution in [2.24, 2.45) is 5.41 Å². The number of hydrogen-bond donors (Lipinski definition) is 0. The van der Waals surface area contributed by atoms with Gasteiger partial charge in [-0.05, 0) is 17.5 Å². The van der Waals surface area contributed by atoms with Crippen LogP contribution in [0.25, 0.3) is 11.4 Å². The first kappa shape index (κ1) is 10.8. The van der Waals surface area contributed by atoms with Crippen molar-refractivity contribution in [2.45, 2.75) is 27.2 Å². The molecule has 2 heterocycles. The lowest BCUT2D eigenvalue weighted by Crippen LogP contribution is -2.09. The van der Waals surface area contributed by atoms with Gasteiger partial charge in [-0.1, -0.05) is 25.9 Å². The smallest absolute Gasteiger partial charge is 0.227 e. The van der Waals surface area contributed by atoms with Crippen LogP contribution in [0.4, 0.5) is 0 Å². The SMILES string of the molecule is CC(C)(C)Cc1nc(-c2cccnc2)no1. The summed E-state index contributed by atoms with van der Waals surface area (Å²) in [5, 5.41) is 3.94. The van der Waals surface area contributed by atoms with E-state index >= 15 is 0 Å². The Bertz CT molecular complexity index is 457. The molecular formula is C12H15N3O. The fourth-order valence-electron chi connectivity index (χ4n) is 1.39. The Labute approximate surface area is 94.7 Å². The number of rotatable bonds is 2. The van der Waals surface area contributed by atoms with Crippen molar-refractivity contribution in [3.05, 3.63) is 30.4 Å². The van der Waals surface area contributed by atoms with Gasteiger partial charge in [-0.25, -0.2) is 0 Å². The molecule has 0 unspecified atom stereocenters. The first-order valence-corrected chi connectivity index (χ1v) is 5.28. The Balaban J connectivity index is 2.21. The predicted octanol–water partition coefficient (Wildman–Crippen LogP) is 2.72. The van der Waals surface area contributed by atoms with E-state index in [1.807, 2.05) is 12.1 Å². The summed E-state index contributed by atoms with van der Waals surface area (Å²) in [6.45, 7) is 6.42. The van der Waals surface area contributed by atoms with Crippen LogP contribution in [0.5, 0.6) is 0 Å². The first-order valence-electron chi connectivity index (χ1n) is 5.28. The summed E-state index contributed by atoms with van der Waals surface area (Å²) >= 11 is 0. The zero-order valence-corrected chi connectivity index (χ0v) is 9.77. The summed E-state index contributed by atoms with van der Waals surface area (Å²) in [5.41, 5.74) is 1.03. The van der Waals surface area contributed by atoms with Crippen molar-refractivity contribution in [3.63, 3.8) is 0 Å². The third kappa shape index (κ3) is 2.66. The zero-order valence-electron chi connectivity index (χ0n) is 9.77. The summed E-state index contributed by atoms with van der Waals surface area (Å²) in [6.07, 6.45) is 4.23. The first-order chi connectivity index (χ1) is 7.54. The maximum absolute atomic E-state index is 5.21. The topological polar surface area (TPSA) is 51.8 Å². The predicted molar refractivity (Wildman–Crippen MR) is 60.7 cm³/mol. The fourth-order valence-corrected chi connectivity index (χ4v) is 1.39. The molecular weight excluding hydrogens is 202 g/mol. The summed E-state index contributed by atoms with van der Waals surface area (Å²) in [6, 6.07) is 3.77. The molecule has 0 spiro atoms. The molecule has 16 heavy (non-hydrogen) atoms. The van der Waals surface area contributed by atoms with Crippen molar-refractivity contribution in [1.29, 1.82) is 0 Å². The van der Waals surface area contributed by atoms with Crippen molar-refractivity contribution >= 4 is 0 Å². The van der Waals surface area contributed by atoms with E-state index in [2.05, 4.69) is 35.9 Å². The third-order valence-electron chi connectivity index (χ3n) is 2.07. The van der Waals surface area contributed by atoms with Crippen LogP contribution in [-0.4, -0.2) is 15.1 Å². The van der Waals surface area contributed by atoms with Gasteiger partial charge in [0.1, 0.15) is 0 Å². The molecule has 4 nitrogen and oxygen atoms in total. The second-order valence-electron chi connectivity index (χ2n) is 4.99. The van der Waals surface area contributed by atoms with E-state index in [0.717, 1.165) is 12.0 Å². The average Bonchev–Trinajstić information content (AvgIpc) is 2.65. The van der Waals surface area contributed by atoms with Gasteiger partial charge in [-0.15, -0.1) is 0 Å². The van der Waals surface area contributed by atoms with Gasteiger partial charge in [0.2, 0.25) is 11.7 Å². The summed E-state index contributed by atoms with van der Waals surface area (Å²) in [5.74, 6) is 1.28. The van der Waals surface area contributed by atoms with E-state index in [1.54, 1.807) is 12.4 Å². The molecule has 0 N–H and O–H groups in total. The Kier molecular flexibility index (Phi) is 2.73. The average molecular weight is 217 g/mol. The van der Waals surface area contributed by atoms with E-state index < -0.39 is 0 Å². The molecule has 0 aliphatic rings. The standard InChI is InChI=1S/C12H15N3O/c1-12(2,3)7-10-14-11(15-16-10)9-5-4-6-13-8-9/h4-6,8H,7H2,1-3H3. The molecule has 0 saturated carbocycles. The maximum atomic E-state index is 5.21. The zero-order chi connectivity index (χ0) is 11.6. The van der Waals surface area contributed by atoms with Crippen molar-refractivity contribution < 1.29 is 4.52 Å². The van der Waals surface area contributed by atoms with Crippen LogP contribution in [0, 0.1) is 5.41 Å². The van der Waals surface area contributed by atoms with Gasteiger partial charge in [0, 0.05) is 24.4 Å². The van der Waals surface area contributed by atoms with Gasteiger partial charge in [-0.2, -0.15) is 4.98 Å². The van der Waals surface area contributed by atoms with Crippen LogP contribution in [0.3, 0.4) is 0 Å². The summed E-state index contributed by atoms with van der Waals surface area (Å²) in [4.78, 5) is 8.37. The molecule has 2 rings (SSSR count). The molecule has 2 aromatic rings. The second kappa shape index (κ2) is 4.04.